The van der Waals surface area contributed by atoms with Crippen LogP contribution >= 0.6 is 92.8 Å². The Balaban J connectivity index is -0.000000215. The van der Waals surface area contributed by atoms with Gasteiger partial charge < -0.3 is 92.3 Å². The zero-order valence-electron chi connectivity index (χ0n) is 66.0. The standard InChI is InChI=1S/C10H9Cl2NO3.C10H8ClF3O5S.C10H10ClNO3.C10H8ClNO2.C10H9ClO3.C9H9ClO3.C8H7ClO3.C2F6O5S2.2CN.CH4O.2CH4.H3NO.Zn/c1-16-9(14)5-6-2-3-7(8(11)4-6)10(12)13-15;1-18-9(15)5-6-2-3-8(7(11)4-6)19-20(16,17)10(12,13)14;1-15-10(13)5-7-2-3-8(6-12-14)9(11)4-7;2*1-14-10(13)5-7-2-3-8(6-12)9(11)4-7;1-13-9(12)5-6-2-3-8(11)7(10)4-6;9-6-3-5(4-8(11)12)1-2-7(6)10;3-1(4,5)14(9,10)13-15(11,12)2(6,7)8;3*1-2;;;1-2;/h2-4,15H,5H2,1H3;2-4H,5H2,1H3;2-4,6,14H,5H2,1H3;2-4H,5H2,1H3;2-4,6H,5H2,1H3;2-4,11H,5H2,1H3;1-3,10H,4H2,(H,11,12);;;;2H,1H3;2*1H4;2H,1H2;/q;;;;;;;;2*-1;;;;;+2/b13-10-;;12-6+;;;;;;;;;;;;. The monoisotopic (exact) mass is 2120 g/mol. The number of carboxylic acid groups (broad SMARTS) is 1. The van der Waals surface area contributed by atoms with Gasteiger partial charge in [0.05, 0.1) is 130 Å². The summed E-state index contributed by atoms with van der Waals surface area (Å²) in [6.45, 7) is 9.50. The molecule has 0 unspecified atom stereocenters. The van der Waals surface area contributed by atoms with Gasteiger partial charge in [-0.1, -0.05) is 167 Å². The van der Waals surface area contributed by atoms with E-state index in [-0.39, 0.29) is 141 Å². The van der Waals surface area contributed by atoms with Crippen LogP contribution in [0.25, 0.3) is 0 Å². The second-order valence-electron chi connectivity index (χ2n) is 21.5. The van der Waals surface area contributed by atoms with Crippen molar-refractivity contribution >= 4 is 183 Å². The Morgan fingerprint density at radius 3 is 0.962 bits per heavy atom. The van der Waals surface area contributed by atoms with Crippen LogP contribution in [-0.4, -0.2) is 187 Å². The van der Waals surface area contributed by atoms with Crippen molar-refractivity contribution in [3.05, 3.63) is 237 Å². The van der Waals surface area contributed by atoms with Gasteiger partial charge in [-0.3, -0.25) is 38.4 Å². The first kappa shape index (κ1) is 135. The van der Waals surface area contributed by atoms with Crippen LogP contribution in [0.1, 0.15) is 80.8 Å². The first-order valence-electron chi connectivity index (χ1n) is 32.0. The SMILES string of the molecule is C.C.CO.COC(=O)Cc1ccc(/C(Cl)=N/O)c(Cl)c1.COC(=O)Cc1ccc(/C=N/O)c(Cl)c1.COC(=O)Cc1ccc(C#N)c(Cl)c1.COC(=O)Cc1ccc(C=O)c(Cl)c1.COC(=O)Cc1ccc(O)c(Cl)c1.COC(=O)Cc1ccc(OS(=O)(=O)C(F)(F)F)c(Cl)c1.NO.O=C(O)Cc1ccc(O)c(Cl)c1.O=S(=O)(OS(=O)(=O)C(F)(F)F)C(F)(F)F.[C-]#N.[C-]#N.[Zn+2]. The van der Waals surface area contributed by atoms with Gasteiger partial charge in [-0.2, -0.15) is 70.0 Å². The van der Waals surface area contributed by atoms with E-state index >= 15 is 0 Å². The molecular formula is C74H75Cl8F9N6O29S3Zn. The van der Waals surface area contributed by atoms with Crippen LogP contribution in [-0.2, 0) is 160 Å². The number of benzene rings is 7. The van der Waals surface area contributed by atoms with Crippen LogP contribution in [0.5, 0.6) is 17.2 Å². The van der Waals surface area contributed by atoms with Crippen molar-refractivity contribution in [3.8, 4) is 23.3 Å². The van der Waals surface area contributed by atoms with E-state index in [0.717, 1.165) is 48.6 Å². The van der Waals surface area contributed by atoms with Gasteiger partial charge in [0.1, 0.15) is 17.6 Å². The Kier molecular flexibility index (Phi) is 71.8. The molecule has 0 amide bonds. The van der Waals surface area contributed by atoms with Gasteiger partial charge >= 0.3 is 108 Å². The molecule has 7 aromatic rings. The Morgan fingerprint density at radius 2 is 0.708 bits per heavy atom. The van der Waals surface area contributed by atoms with Gasteiger partial charge in [0, 0.05) is 28.8 Å². The van der Waals surface area contributed by atoms with Crippen LogP contribution in [0.3, 0.4) is 0 Å². The third kappa shape index (κ3) is 54.1. The van der Waals surface area contributed by atoms with Crippen molar-refractivity contribution in [3.63, 3.8) is 0 Å². The number of aldehydes is 1. The summed E-state index contributed by atoms with van der Waals surface area (Å²) in [5.41, 5.74) is -11.7. The summed E-state index contributed by atoms with van der Waals surface area (Å²) in [7, 11) is -10.7. The molecule has 7 aromatic carbocycles. The number of hydrogen-bond acceptors (Lipinski definition) is 34. The van der Waals surface area contributed by atoms with Crippen molar-refractivity contribution < 1.29 is 195 Å². The maximum Gasteiger partial charge on any atom is 2.00 e. The van der Waals surface area contributed by atoms with Crippen LogP contribution in [0.4, 0.5) is 39.5 Å². The predicted molar refractivity (Wildman–Crippen MR) is 447 cm³/mol. The summed E-state index contributed by atoms with van der Waals surface area (Å²) in [6.07, 6.45) is 2.45. The molecule has 35 nitrogen and oxygen atoms in total. The smallest absolute Gasteiger partial charge is 0.512 e. The fourth-order valence-electron chi connectivity index (χ4n) is 7.28. The average Bonchev–Trinajstić information content (AvgIpc) is 0.790. The Hall–Kier alpha value is -10.7. The number of nitriles is 1. The zero-order valence-corrected chi connectivity index (χ0v) is 77.5. The number of aliphatic hydroxyl groups excluding tert-OH is 1. The molecule has 0 radical (unpaired) electrons. The van der Waals surface area contributed by atoms with Crippen LogP contribution in [0, 0.1) is 35.0 Å². The van der Waals surface area contributed by atoms with Gasteiger partial charge in [0.15, 0.2) is 17.2 Å². The Bertz CT molecular complexity index is 5250. The summed E-state index contributed by atoms with van der Waals surface area (Å²) in [4.78, 5) is 86.4. The van der Waals surface area contributed by atoms with Crippen molar-refractivity contribution in [2.75, 3.05) is 49.8 Å². The largest absolute Gasteiger partial charge is 2.00 e. The number of methoxy groups -OCH3 is 6. The molecule has 0 spiro atoms. The fourth-order valence-corrected chi connectivity index (χ4v) is 11.3. The molecule has 0 aliphatic heterocycles. The van der Waals surface area contributed by atoms with E-state index < -0.39 is 64.6 Å². The summed E-state index contributed by atoms with van der Waals surface area (Å²) in [6, 6.07) is 33.6. The number of carboxylic acids is 1. The quantitative estimate of drug-likeness (QED) is 0.00283. The van der Waals surface area contributed by atoms with Gasteiger partial charge in [-0.25, -0.2) is 5.90 Å². The molecule has 7 rings (SSSR count). The van der Waals surface area contributed by atoms with Gasteiger partial charge in [0.2, 0.25) is 0 Å². The minimum Gasteiger partial charge on any atom is -0.512 e. The molecule has 0 aliphatic carbocycles. The molecule has 0 saturated heterocycles. The predicted octanol–water partition coefficient (Wildman–Crippen LogP) is 14.9. The van der Waals surface area contributed by atoms with E-state index in [1.54, 1.807) is 78.9 Å². The number of hydrogen-bond donors (Lipinski definition) is 8. The van der Waals surface area contributed by atoms with Crippen molar-refractivity contribution in [1.29, 1.82) is 15.8 Å². The molecule has 56 heteroatoms. The summed E-state index contributed by atoms with van der Waals surface area (Å²) in [5.74, 6) is -0.388. The molecule has 130 heavy (non-hydrogen) atoms. The number of carbonyl (C=O) groups is 8. The average molecular weight is 2130 g/mol. The Labute approximate surface area is 790 Å². The normalized spacial score (nSPS) is 10.2. The maximum atomic E-state index is 12.1. The van der Waals surface area contributed by atoms with Gasteiger partial charge in [-0.05, 0) is 118 Å². The third-order valence-electron chi connectivity index (χ3n) is 13.0. The number of nitrogens with two attached hydrogens (primary N) is 1. The molecule has 0 fully saturated rings. The number of phenolic OH excluding ortho intramolecular Hbond substituents is 2. The second kappa shape index (κ2) is 69.3. The van der Waals surface area contributed by atoms with E-state index in [2.05, 4.69) is 48.8 Å². The number of esters is 6. The molecule has 0 atom stereocenters. The fraction of sp³-hybridized carbons (Fsp3) is 0.257. The number of aliphatic carboxylic acids is 1. The van der Waals surface area contributed by atoms with Crippen molar-refractivity contribution in [2.24, 2.45) is 16.2 Å². The topological polar surface area (TPSA) is 577 Å². The number of nitrogens with zero attached hydrogens (tertiary/aromatic N) is 5. The molecule has 0 bridgehead atoms. The van der Waals surface area contributed by atoms with E-state index in [9.17, 15) is 103 Å². The van der Waals surface area contributed by atoms with Gasteiger partial charge in [0.25, 0.3) is 0 Å². The van der Waals surface area contributed by atoms with E-state index in [0.29, 0.717) is 65.3 Å². The summed E-state index contributed by atoms with van der Waals surface area (Å²) < 4.78 is 199. The summed E-state index contributed by atoms with van der Waals surface area (Å²) >= 11 is 45.7. The zero-order chi connectivity index (χ0) is 99.7. The number of ether oxygens (including phenoxy) is 6. The number of phenols is 2. The second-order valence-corrected chi connectivity index (χ2v) is 29.5. The molecule has 9 N–H and O–H groups in total. The number of carbonyl (C=O) groups excluding carboxylic acids is 7. The molecule has 0 aliphatic rings. The maximum absolute atomic E-state index is 12.1. The number of aromatic hydroxyl groups is 2. The van der Waals surface area contributed by atoms with Crippen molar-refractivity contribution in [1.82, 2.24) is 0 Å². The molecule has 0 heterocycles. The van der Waals surface area contributed by atoms with Crippen LogP contribution < -0.4 is 10.1 Å². The van der Waals surface area contributed by atoms with E-state index in [1.807, 2.05) is 9.70 Å². The van der Waals surface area contributed by atoms with Gasteiger partial charge in [-0.15, -0.1) is 3.63 Å². The minimum absolute atomic E-state index is 0. The molecule has 0 aromatic heterocycles. The first-order chi connectivity index (χ1) is 59.1. The number of aliphatic hydroxyl groups is 1. The Morgan fingerprint density at radius 1 is 0.438 bits per heavy atom. The van der Waals surface area contributed by atoms with Crippen molar-refractivity contribution in [2.45, 2.75) is 76.3 Å². The molecule has 0 saturated carbocycles. The minimum atomic E-state index is -6.85. The molecule has 714 valence electrons. The molecular weight excluding hydrogens is 2050 g/mol. The van der Waals surface area contributed by atoms with E-state index in [1.165, 1.54) is 78.2 Å². The van der Waals surface area contributed by atoms with E-state index in [4.69, 9.17) is 158 Å². The summed E-state index contributed by atoms with van der Waals surface area (Å²) in [5, 5.41) is 85.0. The van der Waals surface area contributed by atoms with Crippen LogP contribution in [0.2, 0.25) is 35.2 Å². The first-order valence-corrected chi connectivity index (χ1v) is 39.2. The number of alkyl halides is 9. The number of halogens is 17. The third-order valence-corrected chi connectivity index (χ3v) is 19.0. The number of oxime groups is 2. The number of rotatable bonds is 21. The van der Waals surface area contributed by atoms with Crippen LogP contribution in [0.15, 0.2) is 138 Å².